The molecule has 0 amide bonds. The SMILES string of the molecule is CC(C)NS(=O)(=O)c1ccc(NCC2CC2(C)C)cc1. The predicted octanol–water partition coefficient (Wildman–Crippen LogP) is 2.83. The van der Waals surface area contributed by atoms with Crippen LogP contribution in [-0.4, -0.2) is 21.0 Å². The molecule has 0 aliphatic heterocycles. The second-order valence-corrected chi connectivity index (χ2v) is 8.28. The van der Waals surface area contributed by atoms with Crippen molar-refractivity contribution in [1.82, 2.24) is 4.72 Å². The highest BCUT2D eigenvalue weighted by Crippen LogP contribution is 2.51. The molecule has 1 aliphatic carbocycles. The molecule has 1 aromatic carbocycles. The molecule has 0 radical (unpaired) electrons. The first kappa shape index (κ1) is 15.3. The van der Waals surface area contributed by atoms with Crippen LogP contribution in [0.25, 0.3) is 0 Å². The first-order valence-electron chi connectivity index (χ1n) is 7.07. The van der Waals surface area contributed by atoms with Gasteiger partial charge in [-0.05, 0) is 55.9 Å². The van der Waals surface area contributed by atoms with Crippen molar-refractivity contribution in [3.63, 3.8) is 0 Å². The lowest BCUT2D eigenvalue weighted by molar-refractivity contribution is 0.570. The third-order valence-electron chi connectivity index (χ3n) is 3.83. The van der Waals surface area contributed by atoms with Crippen LogP contribution in [0.5, 0.6) is 0 Å². The first-order chi connectivity index (χ1) is 9.21. The van der Waals surface area contributed by atoms with E-state index in [0.29, 0.717) is 16.2 Å². The highest BCUT2D eigenvalue weighted by Gasteiger charge is 2.44. The molecule has 0 aromatic heterocycles. The molecule has 1 aromatic rings. The first-order valence-corrected chi connectivity index (χ1v) is 8.55. The molecule has 4 nitrogen and oxygen atoms in total. The van der Waals surface area contributed by atoms with E-state index in [2.05, 4.69) is 23.9 Å². The minimum atomic E-state index is -3.39. The van der Waals surface area contributed by atoms with Crippen LogP contribution in [0.15, 0.2) is 29.2 Å². The van der Waals surface area contributed by atoms with E-state index >= 15 is 0 Å². The molecule has 2 N–H and O–H groups in total. The summed E-state index contributed by atoms with van der Waals surface area (Å²) >= 11 is 0. The van der Waals surface area contributed by atoms with E-state index in [1.807, 2.05) is 26.0 Å². The molecule has 1 unspecified atom stereocenters. The Morgan fingerprint density at radius 3 is 2.25 bits per heavy atom. The van der Waals surface area contributed by atoms with Crippen LogP contribution in [0.4, 0.5) is 5.69 Å². The quantitative estimate of drug-likeness (QED) is 0.848. The van der Waals surface area contributed by atoms with Crippen LogP contribution in [-0.2, 0) is 10.0 Å². The van der Waals surface area contributed by atoms with Crippen LogP contribution in [0.3, 0.4) is 0 Å². The number of benzene rings is 1. The summed E-state index contributed by atoms with van der Waals surface area (Å²) in [6.45, 7) is 9.11. The van der Waals surface area contributed by atoms with Crippen molar-refractivity contribution >= 4 is 15.7 Å². The van der Waals surface area contributed by atoms with Crippen LogP contribution in [0, 0.1) is 11.3 Å². The summed E-state index contributed by atoms with van der Waals surface area (Å²) in [4.78, 5) is 0.309. The van der Waals surface area contributed by atoms with Crippen LogP contribution in [0.1, 0.15) is 34.1 Å². The molecule has 1 aliphatic rings. The van der Waals surface area contributed by atoms with Gasteiger partial charge < -0.3 is 5.32 Å². The molecule has 5 heteroatoms. The lowest BCUT2D eigenvalue weighted by atomic mass is 10.1. The molecular formula is C15H24N2O2S. The average Bonchev–Trinajstić information content (AvgIpc) is 2.93. The normalized spacial score (nSPS) is 20.9. The summed E-state index contributed by atoms with van der Waals surface area (Å²) in [5, 5.41) is 3.37. The van der Waals surface area contributed by atoms with Gasteiger partial charge in [-0.1, -0.05) is 13.8 Å². The van der Waals surface area contributed by atoms with E-state index < -0.39 is 10.0 Å². The number of hydrogen-bond acceptors (Lipinski definition) is 3. The van der Waals surface area contributed by atoms with Gasteiger partial charge in [0.25, 0.3) is 0 Å². The zero-order valence-corrected chi connectivity index (χ0v) is 13.4. The third kappa shape index (κ3) is 3.73. The molecule has 1 saturated carbocycles. The van der Waals surface area contributed by atoms with Gasteiger partial charge in [-0.25, -0.2) is 13.1 Å². The van der Waals surface area contributed by atoms with Gasteiger partial charge in [0, 0.05) is 18.3 Å². The van der Waals surface area contributed by atoms with Gasteiger partial charge >= 0.3 is 0 Å². The lowest BCUT2D eigenvalue weighted by Gasteiger charge is -2.11. The second-order valence-electron chi connectivity index (χ2n) is 6.57. The number of nitrogens with one attached hydrogen (secondary N) is 2. The molecule has 2 rings (SSSR count). The number of sulfonamides is 1. The molecule has 0 bridgehead atoms. The minimum absolute atomic E-state index is 0.102. The van der Waals surface area contributed by atoms with Gasteiger partial charge in [0.15, 0.2) is 0 Å². The molecule has 0 saturated heterocycles. The van der Waals surface area contributed by atoms with E-state index in [4.69, 9.17) is 0 Å². The summed E-state index contributed by atoms with van der Waals surface area (Å²) in [5.74, 6) is 0.716. The Morgan fingerprint density at radius 1 is 1.25 bits per heavy atom. The summed E-state index contributed by atoms with van der Waals surface area (Å²) in [6.07, 6.45) is 1.25. The Bertz CT molecular complexity index is 562. The van der Waals surface area contributed by atoms with Crippen molar-refractivity contribution in [1.29, 1.82) is 0 Å². The summed E-state index contributed by atoms with van der Waals surface area (Å²) in [5.41, 5.74) is 1.42. The maximum atomic E-state index is 12.0. The topological polar surface area (TPSA) is 58.2 Å². The number of anilines is 1. The van der Waals surface area contributed by atoms with Crippen molar-refractivity contribution in [3.05, 3.63) is 24.3 Å². The molecule has 0 spiro atoms. The average molecular weight is 296 g/mol. The van der Waals surface area contributed by atoms with E-state index in [-0.39, 0.29) is 6.04 Å². The zero-order chi connectivity index (χ0) is 15.0. The Balaban J connectivity index is 1.96. The molecule has 20 heavy (non-hydrogen) atoms. The Kier molecular flexibility index (Phi) is 4.12. The van der Waals surface area contributed by atoms with Crippen molar-refractivity contribution in [2.45, 2.75) is 45.1 Å². The van der Waals surface area contributed by atoms with E-state index in [9.17, 15) is 8.42 Å². The van der Waals surface area contributed by atoms with Crippen molar-refractivity contribution in [2.75, 3.05) is 11.9 Å². The number of rotatable bonds is 6. The summed E-state index contributed by atoms with van der Waals surface area (Å²) in [7, 11) is -3.39. The maximum absolute atomic E-state index is 12.0. The fraction of sp³-hybridized carbons (Fsp3) is 0.600. The van der Waals surface area contributed by atoms with Gasteiger partial charge in [-0.3, -0.25) is 0 Å². The summed E-state index contributed by atoms with van der Waals surface area (Å²) < 4.78 is 26.5. The standard InChI is InChI=1S/C15H24N2O2S/c1-11(2)17-20(18,19)14-7-5-13(6-8-14)16-10-12-9-15(12,3)4/h5-8,11-12,16-17H,9-10H2,1-4H3. The maximum Gasteiger partial charge on any atom is 0.240 e. The largest absolute Gasteiger partial charge is 0.385 e. The van der Waals surface area contributed by atoms with Gasteiger partial charge in [0.1, 0.15) is 0 Å². The Hall–Kier alpha value is -1.07. The van der Waals surface area contributed by atoms with Crippen molar-refractivity contribution < 1.29 is 8.42 Å². The monoisotopic (exact) mass is 296 g/mol. The molecule has 1 fully saturated rings. The third-order valence-corrected chi connectivity index (χ3v) is 5.50. The summed E-state index contributed by atoms with van der Waals surface area (Å²) in [6, 6.07) is 6.83. The molecule has 0 heterocycles. The highest BCUT2D eigenvalue weighted by atomic mass is 32.2. The van der Waals surface area contributed by atoms with E-state index in [1.165, 1.54) is 6.42 Å². The van der Waals surface area contributed by atoms with E-state index in [0.717, 1.165) is 12.2 Å². The Labute approximate surface area is 122 Å². The zero-order valence-electron chi connectivity index (χ0n) is 12.6. The smallest absolute Gasteiger partial charge is 0.240 e. The van der Waals surface area contributed by atoms with Gasteiger partial charge in [-0.2, -0.15) is 0 Å². The lowest BCUT2D eigenvalue weighted by Crippen LogP contribution is -2.30. The van der Waals surface area contributed by atoms with Crippen LogP contribution < -0.4 is 10.0 Å². The second kappa shape index (κ2) is 5.37. The fourth-order valence-corrected chi connectivity index (χ4v) is 3.55. The Morgan fingerprint density at radius 2 is 1.80 bits per heavy atom. The van der Waals surface area contributed by atoms with Gasteiger partial charge in [0.2, 0.25) is 10.0 Å². The highest BCUT2D eigenvalue weighted by molar-refractivity contribution is 7.89. The minimum Gasteiger partial charge on any atom is -0.385 e. The van der Waals surface area contributed by atoms with E-state index in [1.54, 1.807) is 12.1 Å². The van der Waals surface area contributed by atoms with Crippen molar-refractivity contribution in [2.24, 2.45) is 11.3 Å². The van der Waals surface area contributed by atoms with Crippen molar-refractivity contribution in [3.8, 4) is 0 Å². The molecule has 112 valence electrons. The van der Waals surface area contributed by atoms with Crippen LogP contribution in [0.2, 0.25) is 0 Å². The molecule has 1 atom stereocenters. The molecular weight excluding hydrogens is 272 g/mol. The van der Waals surface area contributed by atoms with Gasteiger partial charge in [0.05, 0.1) is 4.90 Å². The predicted molar refractivity (Wildman–Crippen MR) is 82.3 cm³/mol. The number of hydrogen-bond donors (Lipinski definition) is 2. The fourth-order valence-electron chi connectivity index (χ4n) is 2.30. The van der Waals surface area contributed by atoms with Gasteiger partial charge in [-0.15, -0.1) is 0 Å². The van der Waals surface area contributed by atoms with Crippen LogP contribution >= 0.6 is 0 Å².